The van der Waals surface area contributed by atoms with Gasteiger partial charge >= 0.3 is 0 Å². The van der Waals surface area contributed by atoms with E-state index in [0.29, 0.717) is 5.56 Å². The van der Waals surface area contributed by atoms with Crippen molar-refractivity contribution >= 4 is 23.6 Å². The van der Waals surface area contributed by atoms with Crippen LogP contribution in [0.2, 0.25) is 0 Å². The number of nitrogens with one attached hydrogen (secondary N) is 1. The van der Waals surface area contributed by atoms with Gasteiger partial charge in [0.1, 0.15) is 0 Å². The number of benzene rings is 1. The van der Waals surface area contributed by atoms with Crippen LogP contribution in [0.1, 0.15) is 17.3 Å². The van der Waals surface area contributed by atoms with Gasteiger partial charge in [0.05, 0.1) is 12.4 Å². The maximum absolute atomic E-state index is 11.6. The number of hydrogen-bond acceptors (Lipinski definition) is 4. The number of carbonyl (C=O) groups excluding carboxylic acids is 2. The van der Waals surface area contributed by atoms with Gasteiger partial charge in [-0.25, -0.2) is 0 Å². The summed E-state index contributed by atoms with van der Waals surface area (Å²) in [5.74, 6) is -0.572. The van der Waals surface area contributed by atoms with Crippen LogP contribution in [0, 0.1) is 0 Å². The highest BCUT2D eigenvalue weighted by Gasteiger charge is 2.11. The normalized spacial score (nSPS) is 11.9. The molecule has 0 aromatic heterocycles. The van der Waals surface area contributed by atoms with Crippen LogP contribution in [0.5, 0.6) is 0 Å². The lowest BCUT2D eigenvalue weighted by Crippen LogP contribution is -2.32. The van der Waals surface area contributed by atoms with Crippen molar-refractivity contribution in [3.05, 3.63) is 35.9 Å². The van der Waals surface area contributed by atoms with E-state index >= 15 is 0 Å². The van der Waals surface area contributed by atoms with Crippen LogP contribution in [0.15, 0.2) is 30.3 Å². The predicted molar refractivity (Wildman–Crippen MR) is 67.9 cm³/mol. The summed E-state index contributed by atoms with van der Waals surface area (Å²) in [7, 11) is 0. The van der Waals surface area contributed by atoms with E-state index in [2.05, 4.69) is 5.32 Å². The molecule has 1 rings (SSSR count). The molecule has 0 fully saturated rings. The SMILES string of the molecule is CC(CO)SCC(=O)NC(=O)c1ccccc1. The summed E-state index contributed by atoms with van der Waals surface area (Å²) >= 11 is 1.31. The van der Waals surface area contributed by atoms with Crippen LogP contribution in [0.3, 0.4) is 0 Å². The van der Waals surface area contributed by atoms with E-state index in [1.165, 1.54) is 11.8 Å². The molecule has 0 aliphatic carbocycles. The molecule has 0 saturated carbocycles. The molecule has 0 spiro atoms. The van der Waals surface area contributed by atoms with E-state index in [4.69, 9.17) is 5.11 Å². The van der Waals surface area contributed by atoms with Crippen molar-refractivity contribution in [2.45, 2.75) is 12.2 Å². The van der Waals surface area contributed by atoms with Gasteiger partial charge in [-0.15, -0.1) is 11.8 Å². The van der Waals surface area contributed by atoms with Crippen molar-refractivity contribution in [1.29, 1.82) is 0 Å². The smallest absolute Gasteiger partial charge is 0.257 e. The first-order valence-electron chi connectivity index (χ1n) is 5.25. The average molecular weight is 253 g/mol. The van der Waals surface area contributed by atoms with Gasteiger partial charge in [-0.05, 0) is 12.1 Å². The Morgan fingerprint density at radius 3 is 2.59 bits per heavy atom. The molecule has 92 valence electrons. The van der Waals surface area contributed by atoms with Crippen molar-refractivity contribution in [2.24, 2.45) is 0 Å². The van der Waals surface area contributed by atoms with E-state index in [1.54, 1.807) is 30.3 Å². The fourth-order valence-electron chi connectivity index (χ4n) is 1.10. The summed E-state index contributed by atoms with van der Waals surface area (Å²) in [6.45, 7) is 1.83. The van der Waals surface area contributed by atoms with Crippen LogP contribution >= 0.6 is 11.8 Å². The molecule has 4 nitrogen and oxygen atoms in total. The Kier molecular flexibility index (Phi) is 5.72. The third kappa shape index (κ3) is 5.01. The molecule has 0 saturated heterocycles. The number of thioether (sulfide) groups is 1. The van der Waals surface area contributed by atoms with Crippen molar-refractivity contribution in [3.63, 3.8) is 0 Å². The van der Waals surface area contributed by atoms with E-state index in [9.17, 15) is 9.59 Å². The lowest BCUT2D eigenvalue weighted by atomic mass is 10.2. The molecule has 2 amide bonds. The second-order valence-corrected chi connectivity index (χ2v) is 4.97. The van der Waals surface area contributed by atoms with E-state index in [1.807, 2.05) is 6.92 Å². The number of aliphatic hydroxyl groups is 1. The molecule has 1 unspecified atom stereocenters. The summed E-state index contributed by atoms with van der Waals surface area (Å²) in [6, 6.07) is 8.57. The minimum atomic E-state index is -0.396. The van der Waals surface area contributed by atoms with Gasteiger partial charge in [0.25, 0.3) is 5.91 Å². The zero-order valence-corrected chi connectivity index (χ0v) is 10.4. The summed E-state index contributed by atoms with van der Waals surface area (Å²) in [6.07, 6.45) is 0. The van der Waals surface area contributed by atoms with Gasteiger partial charge in [0.2, 0.25) is 5.91 Å². The first-order valence-corrected chi connectivity index (χ1v) is 6.30. The average Bonchev–Trinajstić information content (AvgIpc) is 2.36. The van der Waals surface area contributed by atoms with Gasteiger partial charge in [0.15, 0.2) is 0 Å². The molecule has 0 aliphatic heterocycles. The summed E-state index contributed by atoms with van der Waals surface area (Å²) in [5, 5.41) is 11.1. The monoisotopic (exact) mass is 253 g/mol. The summed E-state index contributed by atoms with van der Waals surface area (Å²) < 4.78 is 0. The lowest BCUT2D eigenvalue weighted by Gasteiger charge is -2.07. The first kappa shape index (κ1) is 13.7. The Balaban J connectivity index is 2.39. The van der Waals surface area contributed by atoms with Gasteiger partial charge in [-0.2, -0.15) is 0 Å². The Bertz CT molecular complexity index is 381. The molecule has 1 aromatic carbocycles. The Labute approximate surface area is 104 Å². The standard InChI is InChI=1S/C12H15NO3S/c1-9(7-14)17-8-11(15)13-12(16)10-5-3-2-4-6-10/h2-6,9,14H,7-8H2,1H3,(H,13,15,16). The van der Waals surface area contributed by atoms with Crippen LogP contribution in [-0.2, 0) is 4.79 Å². The van der Waals surface area contributed by atoms with Crippen LogP contribution < -0.4 is 5.32 Å². The molecule has 5 heteroatoms. The van der Waals surface area contributed by atoms with Gasteiger partial charge < -0.3 is 5.11 Å². The number of amides is 2. The molecule has 0 bridgehead atoms. The number of aliphatic hydroxyl groups excluding tert-OH is 1. The third-order valence-electron chi connectivity index (χ3n) is 2.04. The fourth-order valence-corrected chi connectivity index (χ4v) is 1.71. The van der Waals surface area contributed by atoms with Crippen molar-refractivity contribution in [1.82, 2.24) is 5.32 Å². The van der Waals surface area contributed by atoms with Crippen LogP contribution in [0.25, 0.3) is 0 Å². The molecular formula is C12H15NO3S. The molecule has 1 aromatic rings. The molecule has 17 heavy (non-hydrogen) atoms. The number of imide groups is 1. The summed E-state index contributed by atoms with van der Waals surface area (Å²) in [4.78, 5) is 23.0. The fraction of sp³-hybridized carbons (Fsp3) is 0.333. The highest BCUT2D eigenvalue weighted by atomic mass is 32.2. The first-order chi connectivity index (χ1) is 8.13. The van der Waals surface area contributed by atoms with E-state index in [0.717, 1.165) is 0 Å². The maximum atomic E-state index is 11.6. The molecule has 0 radical (unpaired) electrons. The predicted octanol–water partition coefficient (Wildman–Crippen LogP) is 1.06. The minimum Gasteiger partial charge on any atom is -0.395 e. The number of carbonyl (C=O) groups is 2. The largest absolute Gasteiger partial charge is 0.395 e. The molecule has 2 N–H and O–H groups in total. The number of rotatable bonds is 5. The van der Waals surface area contributed by atoms with E-state index in [-0.39, 0.29) is 23.5 Å². The number of hydrogen-bond donors (Lipinski definition) is 2. The van der Waals surface area contributed by atoms with Gasteiger partial charge in [-0.3, -0.25) is 14.9 Å². The zero-order chi connectivity index (χ0) is 12.7. The Hall–Kier alpha value is -1.33. The van der Waals surface area contributed by atoms with Crippen LogP contribution in [-0.4, -0.2) is 34.5 Å². The van der Waals surface area contributed by atoms with Crippen LogP contribution in [0.4, 0.5) is 0 Å². The lowest BCUT2D eigenvalue weighted by molar-refractivity contribution is -0.117. The van der Waals surface area contributed by atoms with Crippen molar-refractivity contribution < 1.29 is 14.7 Å². The molecule has 0 heterocycles. The molecule has 1 atom stereocenters. The maximum Gasteiger partial charge on any atom is 0.257 e. The Morgan fingerprint density at radius 1 is 1.35 bits per heavy atom. The van der Waals surface area contributed by atoms with E-state index < -0.39 is 5.91 Å². The zero-order valence-electron chi connectivity index (χ0n) is 9.55. The highest BCUT2D eigenvalue weighted by Crippen LogP contribution is 2.08. The third-order valence-corrected chi connectivity index (χ3v) is 3.19. The highest BCUT2D eigenvalue weighted by molar-refractivity contribution is 8.00. The van der Waals surface area contributed by atoms with Crippen molar-refractivity contribution in [3.8, 4) is 0 Å². The second-order valence-electron chi connectivity index (χ2n) is 3.55. The quantitative estimate of drug-likeness (QED) is 0.823. The Morgan fingerprint density at radius 2 is 2.00 bits per heavy atom. The van der Waals surface area contributed by atoms with Gasteiger partial charge in [0, 0.05) is 10.8 Å². The van der Waals surface area contributed by atoms with Crippen molar-refractivity contribution in [2.75, 3.05) is 12.4 Å². The van der Waals surface area contributed by atoms with Gasteiger partial charge in [-0.1, -0.05) is 25.1 Å². The second kappa shape index (κ2) is 7.09. The molecular weight excluding hydrogens is 238 g/mol. The topological polar surface area (TPSA) is 66.4 Å². The summed E-state index contributed by atoms with van der Waals surface area (Å²) in [5.41, 5.74) is 0.459. The minimum absolute atomic E-state index is 0.00687. The molecule has 0 aliphatic rings.